The van der Waals surface area contributed by atoms with Crippen molar-refractivity contribution in [3.8, 4) is 0 Å². The molecular formula is C16H26N4. The number of benzene rings is 1. The number of aliphatic imine (C=N–C) groups is 1. The molecule has 0 spiro atoms. The van der Waals surface area contributed by atoms with Gasteiger partial charge < -0.3 is 15.5 Å². The molecule has 0 saturated carbocycles. The normalized spacial score (nSPS) is 16.8. The van der Waals surface area contributed by atoms with Gasteiger partial charge in [0.1, 0.15) is 0 Å². The molecule has 0 fully saturated rings. The molecule has 110 valence electrons. The number of fused-ring (bicyclic) bond motifs is 1. The van der Waals surface area contributed by atoms with Crippen LogP contribution < -0.4 is 15.5 Å². The van der Waals surface area contributed by atoms with Gasteiger partial charge in [-0.3, -0.25) is 4.99 Å². The van der Waals surface area contributed by atoms with E-state index in [0.29, 0.717) is 6.04 Å². The standard InChI is InChI=1S/C16H26N4/c1-4-17-16(18-5-2)19-10-11-20-13(3)12-14-8-6-7-9-15(14)20/h6-9,13H,4-5,10-12H2,1-3H3,(H2,17,18,19). The number of rotatable bonds is 5. The molecule has 4 nitrogen and oxygen atoms in total. The monoisotopic (exact) mass is 274 g/mol. The predicted octanol–water partition coefficient (Wildman–Crippen LogP) is 2.01. The van der Waals surface area contributed by atoms with Gasteiger partial charge in [0.15, 0.2) is 5.96 Å². The quantitative estimate of drug-likeness (QED) is 0.637. The van der Waals surface area contributed by atoms with Crippen molar-refractivity contribution in [1.82, 2.24) is 10.6 Å². The molecule has 2 rings (SSSR count). The van der Waals surface area contributed by atoms with Crippen molar-refractivity contribution in [3.63, 3.8) is 0 Å². The van der Waals surface area contributed by atoms with Gasteiger partial charge in [-0.2, -0.15) is 0 Å². The van der Waals surface area contributed by atoms with Crippen LogP contribution in [0.3, 0.4) is 0 Å². The summed E-state index contributed by atoms with van der Waals surface area (Å²) in [4.78, 5) is 7.09. The Morgan fingerprint density at radius 3 is 2.65 bits per heavy atom. The van der Waals surface area contributed by atoms with Gasteiger partial charge in [0, 0.05) is 31.4 Å². The van der Waals surface area contributed by atoms with E-state index in [2.05, 4.69) is 65.6 Å². The lowest BCUT2D eigenvalue weighted by molar-refractivity contribution is 0.672. The Morgan fingerprint density at radius 2 is 1.95 bits per heavy atom. The molecule has 0 radical (unpaired) electrons. The first-order chi connectivity index (χ1) is 9.76. The van der Waals surface area contributed by atoms with E-state index >= 15 is 0 Å². The minimum absolute atomic E-state index is 0.573. The van der Waals surface area contributed by atoms with Crippen LogP contribution in [0, 0.1) is 0 Å². The molecule has 0 saturated heterocycles. The summed E-state index contributed by atoms with van der Waals surface area (Å²) in [6.07, 6.45) is 1.15. The Labute approximate surface area is 122 Å². The number of nitrogens with zero attached hydrogens (tertiary/aromatic N) is 2. The lowest BCUT2D eigenvalue weighted by Crippen LogP contribution is -2.38. The molecule has 20 heavy (non-hydrogen) atoms. The van der Waals surface area contributed by atoms with E-state index in [1.54, 1.807) is 0 Å². The Bertz CT molecular complexity index is 448. The summed E-state index contributed by atoms with van der Waals surface area (Å²) in [7, 11) is 0. The van der Waals surface area contributed by atoms with E-state index in [1.165, 1.54) is 11.3 Å². The van der Waals surface area contributed by atoms with Crippen molar-refractivity contribution >= 4 is 11.6 Å². The molecule has 1 unspecified atom stereocenters. The van der Waals surface area contributed by atoms with Crippen molar-refractivity contribution in [2.75, 3.05) is 31.1 Å². The second-order valence-electron chi connectivity index (χ2n) is 5.17. The van der Waals surface area contributed by atoms with Crippen LogP contribution in [0.2, 0.25) is 0 Å². The highest BCUT2D eigenvalue weighted by Crippen LogP contribution is 2.31. The van der Waals surface area contributed by atoms with E-state index in [-0.39, 0.29) is 0 Å². The van der Waals surface area contributed by atoms with Crippen LogP contribution in [0.4, 0.5) is 5.69 Å². The number of anilines is 1. The fourth-order valence-electron chi connectivity index (χ4n) is 2.75. The SMILES string of the molecule is CCNC(=NCCN1c2ccccc2CC1C)NCC. The molecule has 1 aliphatic rings. The first kappa shape index (κ1) is 14.7. The Morgan fingerprint density at radius 1 is 1.25 bits per heavy atom. The van der Waals surface area contributed by atoms with E-state index in [1.807, 2.05) is 0 Å². The fraction of sp³-hybridized carbons (Fsp3) is 0.562. The summed E-state index contributed by atoms with van der Waals surface area (Å²) in [6, 6.07) is 9.28. The first-order valence-corrected chi connectivity index (χ1v) is 7.63. The summed E-state index contributed by atoms with van der Waals surface area (Å²) in [5.41, 5.74) is 2.84. The smallest absolute Gasteiger partial charge is 0.191 e. The zero-order valence-corrected chi connectivity index (χ0v) is 12.8. The molecule has 1 aromatic rings. The highest BCUT2D eigenvalue weighted by atomic mass is 15.2. The van der Waals surface area contributed by atoms with Gasteiger partial charge in [-0.15, -0.1) is 0 Å². The van der Waals surface area contributed by atoms with E-state index in [4.69, 9.17) is 0 Å². The van der Waals surface area contributed by atoms with Crippen molar-refractivity contribution in [2.45, 2.75) is 33.2 Å². The highest BCUT2D eigenvalue weighted by molar-refractivity contribution is 5.79. The van der Waals surface area contributed by atoms with Crippen LogP contribution in [0.15, 0.2) is 29.3 Å². The molecule has 0 bridgehead atoms. The van der Waals surface area contributed by atoms with Gasteiger partial charge in [-0.1, -0.05) is 18.2 Å². The average molecular weight is 274 g/mol. The molecule has 0 aliphatic carbocycles. The molecule has 1 atom stereocenters. The Balaban J connectivity index is 1.95. The number of hydrogen-bond donors (Lipinski definition) is 2. The largest absolute Gasteiger partial charge is 0.366 e. The Kier molecular flexibility index (Phi) is 5.27. The maximum Gasteiger partial charge on any atom is 0.191 e. The minimum atomic E-state index is 0.573. The van der Waals surface area contributed by atoms with Crippen LogP contribution >= 0.6 is 0 Å². The average Bonchev–Trinajstić information content (AvgIpc) is 2.76. The highest BCUT2D eigenvalue weighted by Gasteiger charge is 2.24. The number of guanidine groups is 1. The van der Waals surface area contributed by atoms with Crippen molar-refractivity contribution < 1.29 is 0 Å². The van der Waals surface area contributed by atoms with Gasteiger partial charge in [0.2, 0.25) is 0 Å². The van der Waals surface area contributed by atoms with Gasteiger partial charge in [-0.05, 0) is 38.8 Å². The molecule has 1 heterocycles. The van der Waals surface area contributed by atoms with Gasteiger partial charge >= 0.3 is 0 Å². The fourth-order valence-corrected chi connectivity index (χ4v) is 2.75. The third-order valence-electron chi connectivity index (χ3n) is 3.65. The number of hydrogen-bond acceptors (Lipinski definition) is 2. The van der Waals surface area contributed by atoms with Gasteiger partial charge in [-0.25, -0.2) is 0 Å². The van der Waals surface area contributed by atoms with Crippen molar-refractivity contribution in [1.29, 1.82) is 0 Å². The second-order valence-corrected chi connectivity index (χ2v) is 5.17. The van der Waals surface area contributed by atoms with Gasteiger partial charge in [0.05, 0.1) is 6.54 Å². The summed E-state index contributed by atoms with van der Waals surface area (Å²) in [6.45, 7) is 10.0. The zero-order chi connectivity index (χ0) is 14.4. The van der Waals surface area contributed by atoms with Gasteiger partial charge in [0.25, 0.3) is 0 Å². The third kappa shape index (κ3) is 3.44. The van der Waals surface area contributed by atoms with Crippen LogP contribution in [-0.2, 0) is 6.42 Å². The lowest BCUT2D eigenvalue weighted by Gasteiger charge is -2.24. The minimum Gasteiger partial charge on any atom is -0.366 e. The van der Waals surface area contributed by atoms with E-state index in [0.717, 1.165) is 38.6 Å². The van der Waals surface area contributed by atoms with Crippen molar-refractivity contribution in [2.24, 2.45) is 4.99 Å². The molecule has 1 aromatic carbocycles. The zero-order valence-electron chi connectivity index (χ0n) is 12.8. The summed E-state index contributed by atoms with van der Waals surface area (Å²) >= 11 is 0. The predicted molar refractivity (Wildman–Crippen MR) is 86.6 cm³/mol. The maximum atomic E-state index is 4.63. The molecule has 4 heteroatoms. The summed E-state index contributed by atoms with van der Waals surface area (Å²) in [5, 5.41) is 6.52. The lowest BCUT2D eigenvalue weighted by atomic mass is 10.1. The summed E-state index contributed by atoms with van der Waals surface area (Å²) in [5.74, 6) is 0.912. The maximum absolute atomic E-state index is 4.63. The number of nitrogens with one attached hydrogen (secondary N) is 2. The third-order valence-corrected chi connectivity index (χ3v) is 3.65. The molecule has 2 N–H and O–H groups in total. The van der Waals surface area contributed by atoms with E-state index < -0.39 is 0 Å². The first-order valence-electron chi connectivity index (χ1n) is 7.63. The molecular weight excluding hydrogens is 248 g/mol. The molecule has 0 amide bonds. The Hall–Kier alpha value is -1.71. The molecule has 0 aromatic heterocycles. The second kappa shape index (κ2) is 7.17. The number of para-hydroxylation sites is 1. The van der Waals surface area contributed by atoms with E-state index in [9.17, 15) is 0 Å². The summed E-state index contributed by atoms with van der Waals surface area (Å²) < 4.78 is 0. The van der Waals surface area contributed by atoms with Crippen LogP contribution in [-0.4, -0.2) is 38.2 Å². The van der Waals surface area contributed by atoms with Crippen molar-refractivity contribution in [3.05, 3.63) is 29.8 Å². The molecule has 1 aliphatic heterocycles. The van der Waals surface area contributed by atoms with Crippen LogP contribution in [0.25, 0.3) is 0 Å². The van der Waals surface area contributed by atoms with Crippen LogP contribution in [0.5, 0.6) is 0 Å². The van der Waals surface area contributed by atoms with Crippen LogP contribution in [0.1, 0.15) is 26.3 Å². The topological polar surface area (TPSA) is 39.7 Å².